The molecule has 0 unspecified atom stereocenters. The Morgan fingerprint density at radius 1 is 1.54 bits per heavy atom. The average molecular weight is 192 g/mol. The highest BCUT2D eigenvalue weighted by Gasteiger charge is 2.05. The summed E-state index contributed by atoms with van der Waals surface area (Å²) in [5.74, 6) is 0.0486. The van der Waals surface area contributed by atoms with Crippen LogP contribution in [0.5, 0.6) is 0 Å². The van der Waals surface area contributed by atoms with Crippen LogP contribution in [0.15, 0.2) is 18.2 Å². The molecule has 0 fully saturated rings. The Morgan fingerprint density at radius 2 is 2.31 bits per heavy atom. The fourth-order valence-electron chi connectivity index (χ4n) is 1.18. The van der Waals surface area contributed by atoms with Crippen molar-refractivity contribution in [3.05, 3.63) is 23.8 Å². The number of nitrogens with two attached hydrogens (primary N) is 1. The number of hydrogen-bond acceptors (Lipinski definition) is 4. The molecule has 1 aromatic heterocycles. The SMILES string of the molecule is CC(=O)c1ccc2nsc(N)c2c1. The molecule has 1 heterocycles. The normalized spacial score (nSPS) is 10.5. The largest absolute Gasteiger partial charge is 0.389 e. The van der Waals surface area contributed by atoms with E-state index >= 15 is 0 Å². The van der Waals surface area contributed by atoms with E-state index in [0.29, 0.717) is 10.6 Å². The van der Waals surface area contributed by atoms with E-state index in [2.05, 4.69) is 4.37 Å². The van der Waals surface area contributed by atoms with E-state index in [1.54, 1.807) is 12.1 Å². The van der Waals surface area contributed by atoms with Gasteiger partial charge in [-0.1, -0.05) is 0 Å². The van der Waals surface area contributed by atoms with E-state index in [0.717, 1.165) is 10.9 Å². The predicted octanol–water partition coefficient (Wildman–Crippen LogP) is 2.08. The van der Waals surface area contributed by atoms with Crippen LogP contribution in [0, 0.1) is 0 Å². The van der Waals surface area contributed by atoms with Crippen LogP contribution in [0.3, 0.4) is 0 Å². The summed E-state index contributed by atoms with van der Waals surface area (Å²) < 4.78 is 4.12. The van der Waals surface area contributed by atoms with Gasteiger partial charge in [0.25, 0.3) is 0 Å². The molecule has 0 aliphatic carbocycles. The maximum Gasteiger partial charge on any atom is 0.159 e. The highest BCUT2D eigenvalue weighted by molar-refractivity contribution is 7.11. The Balaban J connectivity index is 2.72. The summed E-state index contributed by atoms with van der Waals surface area (Å²) in [6, 6.07) is 5.37. The number of carbonyl (C=O) groups is 1. The van der Waals surface area contributed by atoms with Crippen molar-refractivity contribution >= 4 is 33.2 Å². The van der Waals surface area contributed by atoms with Gasteiger partial charge in [0.15, 0.2) is 5.78 Å². The van der Waals surface area contributed by atoms with Gasteiger partial charge in [0, 0.05) is 10.9 Å². The summed E-state index contributed by atoms with van der Waals surface area (Å²) in [6.07, 6.45) is 0. The molecule has 1 aromatic carbocycles. The molecule has 0 aliphatic rings. The number of aromatic nitrogens is 1. The van der Waals surface area contributed by atoms with E-state index in [-0.39, 0.29) is 5.78 Å². The lowest BCUT2D eigenvalue weighted by Gasteiger charge is -1.94. The molecule has 66 valence electrons. The highest BCUT2D eigenvalue weighted by Crippen LogP contribution is 2.25. The van der Waals surface area contributed by atoms with Gasteiger partial charge in [0.05, 0.1) is 5.52 Å². The number of ketones is 1. The molecule has 0 spiro atoms. The van der Waals surface area contributed by atoms with E-state index in [1.165, 1.54) is 18.5 Å². The third-order valence-corrected chi connectivity index (χ3v) is 2.62. The van der Waals surface area contributed by atoms with Crippen molar-refractivity contribution in [2.45, 2.75) is 6.92 Å². The van der Waals surface area contributed by atoms with Crippen molar-refractivity contribution in [3.63, 3.8) is 0 Å². The van der Waals surface area contributed by atoms with Crippen molar-refractivity contribution in [2.24, 2.45) is 0 Å². The zero-order chi connectivity index (χ0) is 9.42. The van der Waals surface area contributed by atoms with Gasteiger partial charge in [0.2, 0.25) is 0 Å². The van der Waals surface area contributed by atoms with E-state index in [9.17, 15) is 4.79 Å². The second-order valence-electron chi connectivity index (χ2n) is 2.83. The summed E-state index contributed by atoms with van der Waals surface area (Å²) in [5, 5.41) is 1.54. The molecule has 0 aliphatic heterocycles. The molecular formula is C9H8N2OS. The Bertz CT molecular complexity index is 475. The lowest BCUT2D eigenvalue weighted by molar-refractivity contribution is 0.101. The number of carbonyl (C=O) groups excluding carboxylic acids is 1. The molecule has 0 radical (unpaired) electrons. The van der Waals surface area contributed by atoms with Crippen LogP contribution in [0.25, 0.3) is 10.9 Å². The van der Waals surface area contributed by atoms with Crippen molar-refractivity contribution in [1.29, 1.82) is 0 Å². The van der Waals surface area contributed by atoms with Gasteiger partial charge in [0.1, 0.15) is 5.00 Å². The summed E-state index contributed by atoms with van der Waals surface area (Å²) in [7, 11) is 0. The summed E-state index contributed by atoms with van der Waals surface area (Å²) in [4.78, 5) is 11.1. The lowest BCUT2D eigenvalue weighted by Crippen LogP contribution is -1.91. The second kappa shape index (κ2) is 2.81. The second-order valence-corrected chi connectivity index (χ2v) is 3.64. The van der Waals surface area contributed by atoms with Gasteiger partial charge in [-0.25, -0.2) is 0 Å². The van der Waals surface area contributed by atoms with Crippen molar-refractivity contribution in [3.8, 4) is 0 Å². The molecule has 4 heteroatoms. The molecule has 0 saturated heterocycles. The Morgan fingerprint density at radius 3 is 3.00 bits per heavy atom. The summed E-state index contributed by atoms with van der Waals surface area (Å²) >= 11 is 1.25. The van der Waals surface area contributed by atoms with Gasteiger partial charge in [-0.3, -0.25) is 4.79 Å². The minimum Gasteiger partial charge on any atom is -0.389 e. The van der Waals surface area contributed by atoms with Gasteiger partial charge in [-0.2, -0.15) is 4.37 Å². The molecule has 0 atom stereocenters. The number of benzene rings is 1. The quantitative estimate of drug-likeness (QED) is 0.704. The molecule has 3 nitrogen and oxygen atoms in total. The lowest BCUT2D eigenvalue weighted by atomic mass is 10.1. The van der Waals surface area contributed by atoms with Gasteiger partial charge < -0.3 is 5.73 Å². The Labute approximate surface area is 79.3 Å². The van der Waals surface area contributed by atoms with Crippen LogP contribution in [-0.4, -0.2) is 10.2 Å². The van der Waals surface area contributed by atoms with E-state index in [4.69, 9.17) is 5.73 Å². The minimum atomic E-state index is 0.0486. The zero-order valence-electron chi connectivity index (χ0n) is 7.07. The molecule has 0 bridgehead atoms. The van der Waals surface area contributed by atoms with E-state index in [1.807, 2.05) is 6.07 Å². The van der Waals surface area contributed by atoms with Crippen LogP contribution < -0.4 is 5.73 Å². The smallest absolute Gasteiger partial charge is 0.159 e. The van der Waals surface area contributed by atoms with Gasteiger partial charge in [-0.05, 0) is 36.7 Å². The maximum absolute atomic E-state index is 11.1. The number of Topliss-reactive ketones (excluding diaryl/α,β-unsaturated/α-hetero) is 1. The molecule has 2 N–H and O–H groups in total. The molecule has 2 aromatic rings. The van der Waals surface area contributed by atoms with Crippen molar-refractivity contribution < 1.29 is 4.79 Å². The van der Waals surface area contributed by atoms with Crippen LogP contribution in [-0.2, 0) is 0 Å². The number of anilines is 1. The van der Waals surface area contributed by atoms with Crippen molar-refractivity contribution in [1.82, 2.24) is 4.37 Å². The molecule has 2 rings (SSSR count). The number of fused-ring (bicyclic) bond motifs is 1. The maximum atomic E-state index is 11.1. The van der Waals surface area contributed by atoms with Crippen LogP contribution in [0.4, 0.5) is 5.00 Å². The molecule has 0 saturated carbocycles. The third kappa shape index (κ3) is 1.29. The van der Waals surface area contributed by atoms with Crippen LogP contribution in [0.2, 0.25) is 0 Å². The van der Waals surface area contributed by atoms with Crippen LogP contribution >= 0.6 is 11.5 Å². The topological polar surface area (TPSA) is 56.0 Å². The Kier molecular flexibility index (Phi) is 1.77. The highest BCUT2D eigenvalue weighted by atomic mass is 32.1. The standard InChI is InChI=1S/C9H8N2OS/c1-5(12)6-2-3-8-7(4-6)9(10)13-11-8/h2-4H,10H2,1H3. The molecular weight excluding hydrogens is 184 g/mol. The summed E-state index contributed by atoms with van der Waals surface area (Å²) in [6.45, 7) is 1.54. The number of nitrogens with zero attached hydrogens (tertiary/aromatic N) is 1. The monoisotopic (exact) mass is 192 g/mol. The first-order valence-electron chi connectivity index (χ1n) is 3.84. The fraction of sp³-hybridized carbons (Fsp3) is 0.111. The average Bonchev–Trinajstić information content (AvgIpc) is 2.47. The number of hydrogen-bond donors (Lipinski definition) is 1. The predicted molar refractivity (Wildman–Crippen MR) is 54.0 cm³/mol. The fourth-order valence-corrected chi connectivity index (χ4v) is 1.80. The minimum absolute atomic E-state index is 0.0486. The Hall–Kier alpha value is -1.42. The van der Waals surface area contributed by atoms with Crippen LogP contribution in [0.1, 0.15) is 17.3 Å². The third-order valence-electron chi connectivity index (χ3n) is 1.91. The first-order chi connectivity index (χ1) is 6.18. The molecule has 13 heavy (non-hydrogen) atoms. The first-order valence-corrected chi connectivity index (χ1v) is 4.61. The zero-order valence-corrected chi connectivity index (χ0v) is 7.89. The number of nitrogen functional groups attached to an aromatic ring is 1. The number of rotatable bonds is 1. The summed E-state index contributed by atoms with van der Waals surface area (Å²) in [5.41, 5.74) is 7.22. The van der Waals surface area contributed by atoms with Gasteiger partial charge >= 0.3 is 0 Å². The molecule has 0 amide bonds. The first kappa shape index (κ1) is 8.19. The van der Waals surface area contributed by atoms with Crippen molar-refractivity contribution in [2.75, 3.05) is 5.73 Å². The van der Waals surface area contributed by atoms with Gasteiger partial charge in [-0.15, -0.1) is 0 Å². The van der Waals surface area contributed by atoms with E-state index < -0.39 is 0 Å².